The number of benzene rings is 2. The second-order valence-corrected chi connectivity index (χ2v) is 6.12. The molecule has 7 heteroatoms. The third kappa shape index (κ3) is 5.26. The molecule has 0 fully saturated rings. The maximum absolute atomic E-state index is 12.3. The number of carbonyl (C=O) groups is 1. The van der Waals surface area contributed by atoms with Crippen LogP contribution in [-0.4, -0.2) is 20.1 Å². The first-order valence-corrected chi connectivity index (χ1v) is 8.48. The lowest BCUT2D eigenvalue weighted by atomic mass is 10.2. The molecule has 0 saturated carbocycles. The molecule has 0 saturated heterocycles. The van der Waals surface area contributed by atoms with Gasteiger partial charge < -0.3 is 20.1 Å². The first kappa shape index (κ1) is 19.3. The predicted octanol–water partition coefficient (Wildman–Crippen LogP) is 3.60. The van der Waals surface area contributed by atoms with E-state index >= 15 is 0 Å². The van der Waals surface area contributed by atoms with Gasteiger partial charge in [-0.05, 0) is 29.8 Å². The Bertz CT molecular complexity index is 842. The van der Waals surface area contributed by atoms with Crippen molar-refractivity contribution >= 4 is 27.5 Å². The molecule has 0 spiro atoms. The van der Waals surface area contributed by atoms with Gasteiger partial charge in [-0.2, -0.15) is 5.26 Å². The topological polar surface area (TPSA) is 83.4 Å². The number of carbonyl (C=O) groups excluding carboxylic acids is 1. The maximum atomic E-state index is 12.3. The summed E-state index contributed by atoms with van der Waals surface area (Å²) in [5.41, 5.74) is 1.50. The van der Waals surface area contributed by atoms with E-state index in [0.717, 1.165) is 10.0 Å². The SMILES string of the molecule is COc1ccc(NC(=O)/C(C#N)=C\NCc2ccc(Br)cc2)cc1OC. The fraction of sp³-hybridized carbons (Fsp3) is 0.158. The Balaban J connectivity index is 2.01. The number of hydrogen-bond acceptors (Lipinski definition) is 5. The van der Waals surface area contributed by atoms with Gasteiger partial charge in [0.25, 0.3) is 5.91 Å². The van der Waals surface area contributed by atoms with Crippen LogP contribution in [0.4, 0.5) is 5.69 Å². The average molecular weight is 416 g/mol. The van der Waals surface area contributed by atoms with Crippen LogP contribution < -0.4 is 20.1 Å². The summed E-state index contributed by atoms with van der Waals surface area (Å²) in [6.45, 7) is 0.502. The van der Waals surface area contributed by atoms with Crippen LogP contribution >= 0.6 is 15.9 Å². The summed E-state index contributed by atoms with van der Waals surface area (Å²) in [6.07, 6.45) is 1.40. The van der Waals surface area contributed by atoms with Crippen molar-refractivity contribution in [1.29, 1.82) is 5.26 Å². The summed E-state index contributed by atoms with van der Waals surface area (Å²) in [5, 5.41) is 14.9. The van der Waals surface area contributed by atoms with Crippen molar-refractivity contribution in [1.82, 2.24) is 5.32 Å². The molecule has 2 aromatic carbocycles. The lowest BCUT2D eigenvalue weighted by molar-refractivity contribution is -0.112. The van der Waals surface area contributed by atoms with Crippen LogP contribution in [0.2, 0.25) is 0 Å². The van der Waals surface area contributed by atoms with Gasteiger partial charge in [0.05, 0.1) is 14.2 Å². The summed E-state index contributed by atoms with van der Waals surface area (Å²) in [4.78, 5) is 12.3. The van der Waals surface area contributed by atoms with Crippen molar-refractivity contribution in [3.63, 3.8) is 0 Å². The Morgan fingerprint density at radius 3 is 2.46 bits per heavy atom. The molecule has 2 aromatic rings. The van der Waals surface area contributed by atoms with E-state index in [-0.39, 0.29) is 5.57 Å². The number of methoxy groups -OCH3 is 2. The highest BCUT2D eigenvalue weighted by molar-refractivity contribution is 9.10. The highest BCUT2D eigenvalue weighted by atomic mass is 79.9. The van der Waals surface area contributed by atoms with Crippen LogP contribution in [0.3, 0.4) is 0 Å². The zero-order chi connectivity index (χ0) is 18.9. The highest BCUT2D eigenvalue weighted by Crippen LogP contribution is 2.29. The molecule has 0 bridgehead atoms. The third-order valence-electron chi connectivity index (χ3n) is 3.47. The van der Waals surface area contributed by atoms with Crippen molar-refractivity contribution < 1.29 is 14.3 Å². The number of ether oxygens (including phenoxy) is 2. The molecule has 0 atom stereocenters. The van der Waals surface area contributed by atoms with Gasteiger partial charge in [-0.1, -0.05) is 28.1 Å². The summed E-state index contributed by atoms with van der Waals surface area (Å²) in [5.74, 6) is 0.530. The lowest BCUT2D eigenvalue weighted by Gasteiger charge is -2.10. The minimum atomic E-state index is -0.511. The fourth-order valence-corrected chi connectivity index (χ4v) is 2.40. The summed E-state index contributed by atoms with van der Waals surface area (Å²) < 4.78 is 11.3. The van der Waals surface area contributed by atoms with Gasteiger partial charge in [0.2, 0.25) is 0 Å². The molecule has 6 nitrogen and oxygen atoms in total. The van der Waals surface area contributed by atoms with Crippen LogP contribution in [-0.2, 0) is 11.3 Å². The molecule has 134 valence electrons. The van der Waals surface area contributed by atoms with Crippen molar-refractivity contribution in [2.75, 3.05) is 19.5 Å². The summed E-state index contributed by atoms with van der Waals surface area (Å²) >= 11 is 3.37. The summed E-state index contributed by atoms with van der Waals surface area (Å²) in [7, 11) is 3.04. The molecule has 0 heterocycles. The van der Waals surface area contributed by atoms with Crippen LogP contribution in [0.5, 0.6) is 11.5 Å². The molecule has 0 radical (unpaired) electrons. The first-order valence-electron chi connectivity index (χ1n) is 7.69. The zero-order valence-corrected chi connectivity index (χ0v) is 16.0. The molecular formula is C19H18BrN3O3. The van der Waals surface area contributed by atoms with Crippen LogP contribution in [0.25, 0.3) is 0 Å². The number of nitriles is 1. The minimum absolute atomic E-state index is 0.0307. The van der Waals surface area contributed by atoms with Crippen molar-refractivity contribution in [2.45, 2.75) is 6.54 Å². The number of rotatable bonds is 7. The van der Waals surface area contributed by atoms with Gasteiger partial charge in [0, 0.05) is 29.0 Å². The Morgan fingerprint density at radius 2 is 1.85 bits per heavy atom. The van der Waals surface area contributed by atoms with E-state index in [0.29, 0.717) is 23.7 Å². The van der Waals surface area contributed by atoms with Gasteiger partial charge in [-0.3, -0.25) is 4.79 Å². The number of anilines is 1. The normalized spacial score (nSPS) is 10.6. The van der Waals surface area contributed by atoms with Crippen LogP contribution in [0.15, 0.2) is 58.7 Å². The van der Waals surface area contributed by atoms with Gasteiger partial charge >= 0.3 is 0 Å². The largest absolute Gasteiger partial charge is 0.493 e. The minimum Gasteiger partial charge on any atom is -0.493 e. The second-order valence-electron chi connectivity index (χ2n) is 5.20. The van der Waals surface area contributed by atoms with Gasteiger partial charge in [-0.15, -0.1) is 0 Å². The molecular weight excluding hydrogens is 398 g/mol. The summed E-state index contributed by atoms with van der Waals surface area (Å²) in [6, 6.07) is 14.6. The standard InChI is InChI=1S/C19H18BrN3O3/c1-25-17-8-7-16(9-18(17)26-2)23-19(24)14(10-21)12-22-11-13-3-5-15(20)6-4-13/h3-9,12,22H,11H2,1-2H3,(H,23,24)/b14-12-. The maximum Gasteiger partial charge on any atom is 0.267 e. The Labute approximate surface area is 160 Å². The molecule has 0 aliphatic carbocycles. The second kappa shape index (κ2) is 9.49. The monoisotopic (exact) mass is 415 g/mol. The fourth-order valence-electron chi connectivity index (χ4n) is 2.13. The molecule has 2 rings (SSSR count). The smallest absolute Gasteiger partial charge is 0.267 e. The van der Waals surface area contributed by atoms with Gasteiger partial charge in [-0.25, -0.2) is 0 Å². The Kier molecular flexibility index (Phi) is 7.06. The van der Waals surface area contributed by atoms with Gasteiger partial charge in [0.15, 0.2) is 11.5 Å². The number of hydrogen-bond donors (Lipinski definition) is 2. The quantitative estimate of drug-likeness (QED) is 0.533. The van der Waals surface area contributed by atoms with E-state index in [9.17, 15) is 10.1 Å². The molecule has 1 amide bonds. The zero-order valence-electron chi connectivity index (χ0n) is 14.4. The molecule has 26 heavy (non-hydrogen) atoms. The molecule has 2 N–H and O–H groups in total. The predicted molar refractivity (Wildman–Crippen MR) is 103 cm³/mol. The van der Waals surface area contributed by atoms with Crippen molar-refractivity contribution in [3.8, 4) is 17.6 Å². The van der Waals surface area contributed by atoms with E-state index in [1.54, 1.807) is 18.2 Å². The van der Waals surface area contributed by atoms with E-state index in [2.05, 4.69) is 26.6 Å². The first-order chi connectivity index (χ1) is 12.6. The average Bonchev–Trinajstić information content (AvgIpc) is 2.66. The van der Waals surface area contributed by atoms with Crippen molar-refractivity contribution in [3.05, 3.63) is 64.3 Å². The number of nitrogens with zero attached hydrogens (tertiary/aromatic N) is 1. The van der Waals surface area contributed by atoms with E-state index in [4.69, 9.17) is 9.47 Å². The van der Waals surface area contributed by atoms with Gasteiger partial charge in [0.1, 0.15) is 11.6 Å². The van der Waals surface area contributed by atoms with Crippen molar-refractivity contribution in [2.24, 2.45) is 0 Å². The van der Waals surface area contributed by atoms with Crippen LogP contribution in [0.1, 0.15) is 5.56 Å². The van der Waals surface area contributed by atoms with E-state index < -0.39 is 5.91 Å². The lowest BCUT2D eigenvalue weighted by Crippen LogP contribution is -2.16. The molecule has 0 aliphatic heterocycles. The molecule has 0 unspecified atom stereocenters. The number of halogens is 1. The van der Waals surface area contributed by atoms with E-state index in [1.165, 1.54) is 20.4 Å². The molecule has 0 aliphatic rings. The highest BCUT2D eigenvalue weighted by Gasteiger charge is 2.11. The Hall–Kier alpha value is -2.98. The van der Waals surface area contributed by atoms with E-state index in [1.807, 2.05) is 30.3 Å². The molecule has 0 aromatic heterocycles. The number of nitrogens with one attached hydrogen (secondary N) is 2. The third-order valence-corrected chi connectivity index (χ3v) is 4.00. The van der Waals surface area contributed by atoms with Crippen LogP contribution in [0, 0.1) is 11.3 Å². The Morgan fingerprint density at radius 1 is 1.15 bits per heavy atom. The number of amides is 1.